The third kappa shape index (κ3) is 5.62. The minimum Gasteiger partial charge on any atom is -0.383 e. The fraction of sp³-hybridized carbons (Fsp3) is 0.429. The van der Waals surface area contributed by atoms with Gasteiger partial charge in [0.05, 0.1) is 0 Å². The molecule has 0 aromatic heterocycles. The summed E-state index contributed by atoms with van der Waals surface area (Å²) < 4.78 is 36.0. The fourth-order valence-corrected chi connectivity index (χ4v) is 1.66. The Balaban J connectivity index is 2.40. The average Bonchev–Trinajstić information content (AvgIpc) is 2.27. The quantitative estimate of drug-likeness (QED) is 0.777. The van der Waals surface area contributed by atoms with Gasteiger partial charge in [0, 0.05) is 23.7 Å². The minimum absolute atomic E-state index is 0.0135. The summed E-state index contributed by atoms with van der Waals surface area (Å²) in [6, 6.07) is 7.27. The number of alkyl halides is 3. The zero-order chi connectivity index (χ0) is 13.6. The second kappa shape index (κ2) is 6.34. The van der Waals surface area contributed by atoms with E-state index in [9.17, 15) is 13.2 Å². The number of terminal acetylenes is 1. The first-order valence-electron chi connectivity index (χ1n) is 5.80. The van der Waals surface area contributed by atoms with E-state index in [1.807, 2.05) is 19.1 Å². The molecule has 1 nitrogen and oxygen atoms in total. The zero-order valence-corrected chi connectivity index (χ0v) is 10.2. The maximum absolute atomic E-state index is 12.0. The van der Waals surface area contributed by atoms with Crippen LogP contribution >= 0.6 is 0 Å². The number of hydrogen-bond donors (Lipinski definition) is 1. The van der Waals surface area contributed by atoms with Crippen molar-refractivity contribution in [2.24, 2.45) is 0 Å². The molecule has 0 aliphatic rings. The molecule has 1 aromatic carbocycles. The SMILES string of the molecule is C#Cc1cccc(NC(C)CCCC(F)(F)F)c1. The third-order valence-electron chi connectivity index (χ3n) is 2.54. The van der Waals surface area contributed by atoms with Gasteiger partial charge in [-0.15, -0.1) is 6.42 Å². The maximum Gasteiger partial charge on any atom is 0.389 e. The standard InChI is InChI=1S/C14H16F3N/c1-3-12-7-4-8-13(10-12)18-11(2)6-5-9-14(15,16)17/h1,4,7-8,10-11,18H,5-6,9H2,2H3. The Kier molecular flexibility index (Phi) is 5.08. The summed E-state index contributed by atoms with van der Waals surface area (Å²) in [5.41, 5.74) is 1.59. The Bertz CT molecular complexity index is 418. The molecule has 0 radical (unpaired) electrons. The Labute approximate surface area is 105 Å². The van der Waals surface area contributed by atoms with Gasteiger partial charge in [-0.1, -0.05) is 12.0 Å². The van der Waals surface area contributed by atoms with Crippen LogP contribution in [0.5, 0.6) is 0 Å². The normalized spacial score (nSPS) is 12.8. The van der Waals surface area contributed by atoms with E-state index in [1.54, 1.807) is 12.1 Å². The van der Waals surface area contributed by atoms with Gasteiger partial charge in [-0.25, -0.2) is 0 Å². The molecule has 1 rings (SSSR count). The Morgan fingerprint density at radius 2 is 2.11 bits per heavy atom. The summed E-state index contributed by atoms with van der Waals surface area (Å²) >= 11 is 0. The average molecular weight is 255 g/mol. The number of rotatable bonds is 5. The summed E-state index contributed by atoms with van der Waals surface area (Å²) in [5, 5.41) is 3.14. The summed E-state index contributed by atoms with van der Waals surface area (Å²) in [6.07, 6.45) is 1.08. The first-order chi connectivity index (χ1) is 8.40. The molecule has 0 aliphatic carbocycles. The predicted molar refractivity (Wildman–Crippen MR) is 67.4 cm³/mol. The van der Waals surface area contributed by atoms with Gasteiger partial charge in [0.2, 0.25) is 0 Å². The molecular formula is C14H16F3N. The van der Waals surface area contributed by atoms with Crippen molar-refractivity contribution in [2.45, 2.75) is 38.4 Å². The molecule has 1 N–H and O–H groups in total. The van der Waals surface area contributed by atoms with Crippen LogP contribution < -0.4 is 5.32 Å². The second-order valence-corrected chi connectivity index (χ2v) is 4.28. The summed E-state index contributed by atoms with van der Waals surface area (Å²) in [5.74, 6) is 2.51. The van der Waals surface area contributed by atoms with Crippen LogP contribution in [-0.4, -0.2) is 12.2 Å². The van der Waals surface area contributed by atoms with Gasteiger partial charge in [-0.3, -0.25) is 0 Å². The van der Waals surface area contributed by atoms with Crippen molar-refractivity contribution in [2.75, 3.05) is 5.32 Å². The lowest BCUT2D eigenvalue weighted by atomic mass is 10.1. The monoisotopic (exact) mass is 255 g/mol. The third-order valence-corrected chi connectivity index (χ3v) is 2.54. The first kappa shape index (κ1) is 14.4. The lowest BCUT2D eigenvalue weighted by Gasteiger charge is -2.16. The van der Waals surface area contributed by atoms with Crippen LogP contribution in [0.2, 0.25) is 0 Å². The molecule has 0 bridgehead atoms. The molecule has 0 fully saturated rings. The molecular weight excluding hydrogens is 239 g/mol. The first-order valence-corrected chi connectivity index (χ1v) is 5.80. The molecule has 1 aromatic rings. The predicted octanol–water partition coefficient (Wildman–Crippen LogP) is 4.20. The lowest BCUT2D eigenvalue weighted by Crippen LogP contribution is -2.16. The highest BCUT2D eigenvalue weighted by molar-refractivity contribution is 5.50. The minimum atomic E-state index is -4.07. The summed E-state index contributed by atoms with van der Waals surface area (Å²) in [7, 11) is 0. The van der Waals surface area contributed by atoms with Gasteiger partial charge in [-0.2, -0.15) is 13.2 Å². The number of anilines is 1. The van der Waals surface area contributed by atoms with Crippen LogP contribution in [0, 0.1) is 12.3 Å². The van der Waals surface area contributed by atoms with Crippen LogP contribution in [0.1, 0.15) is 31.7 Å². The van der Waals surface area contributed by atoms with Crippen molar-refractivity contribution >= 4 is 5.69 Å². The Morgan fingerprint density at radius 1 is 1.39 bits per heavy atom. The molecule has 0 spiro atoms. The summed E-state index contributed by atoms with van der Waals surface area (Å²) in [6.45, 7) is 1.86. The van der Waals surface area contributed by atoms with Crippen LogP contribution in [0.3, 0.4) is 0 Å². The van der Waals surface area contributed by atoms with Crippen molar-refractivity contribution in [1.29, 1.82) is 0 Å². The van der Waals surface area contributed by atoms with Crippen LogP contribution in [0.4, 0.5) is 18.9 Å². The van der Waals surface area contributed by atoms with Crippen molar-refractivity contribution in [3.63, 3.8) is 0 Å². The van der Waals surface area contributed by atoms with Gasteiger partial charge in [0.1, 0.15) is 0 Å². The highest BCUT2D eigenvalue weighted by Gasteiger charge is 2.26. The molecule has 0 saturated heterocycles. The van der Waals surface area contributed by atoms with E-state index in [0.29, 0.717) is 6.42 Å². The van der Waals surface area contributed by atoms with Crippen LogP contribution in [-0.2, 0) is 0 Å². The highest BCUT2D eigenvalue weighted by Crippen LogP contribution is 2.23. The van der Waals surface area contributed by atoms with Crippen molar-refractivity contribution in [3.05, 3.63) is 29.8 Å². The number of benzene rings is 1. The Hall–Kier alpha value is -1.63. The van der Waals surface area contributed by atoms with Crippen molar-refractivity contribution in [1.82, 2.24) is 0 Å². The van der Waals surface area contributed by atoms with Gasteiger partial charge in [-0.05, 0) is 38.0 Å². The van der Waals surface area contributed by atoms with E-state index in [0.717, 1.165) is 11.3 Å². The molecule has 1 atom stereocenters. The topological polar surface area (TPSA) is 12.0 Å². The van der Waals surface area contributed by atoms with Gasteiger partial charge < -0.3 is 5.32 Å². The fourth-order valence-electron chi connectivity index (χ4n) is 1.66. The van der Waals surface area contributed by atoms with Crippen molar-refractivity contribution < 1.29 is 13.2 Å². The van der Waals surface area contributed by atoms with Crippen LogP contribution in [0.25, 0.3) is 0 Å². The van der Waals surface area contributed by atoms with Gasteiger partial charge in [0.25, 0.3) is 0 Å². The molecule has 0 heterocycles. The van der Waals surface area contributed by atoms with E-state index < -0.39 is 12.6 Å². The van der Waals surface area contributed by atoms with Crippen molar-refractivity contribution in [3.8, 4) is 12.3 Å². The highest BCUT2D eigenvalue weighted by atomic mass is 19.4. The van der Waals surface area contributed by atoms with E-state index in [4.69, 9.17) is 6.42 Å². The number of nitrogens with one attached hydrogen (secondary N) is 1. The maximum atomic E-state index is 12.0. The van der Waals surface area contributed by atoms with E-state index in [2.05, 4.69) is 11.2 Å². The smallest absolute Gasteiger partial charge is 0.383 e. The van der Waals surface area contributed by atoms with Gasteiger partial charge in [0.15, 0.2) is 0 Å². The largest absolute Gasteiger partial charge is 0.389 e. The molecule has 0 amide bonds. The molecule has 98 valence electrons. The lowest BCUT2D eigenvalue weighted by molar-refractivity contribution is -0.135. The molecule has 18 heavy (non-hydrogen) atoms. The number of halogens is 3. The molecule has 0 aliphatic heterocycles. The van der Waals surface area contributed by atoms with Gasteiger partial charge >= 0.3 is 6.18 Å². The van der Waals surface area contributed by atoms with Crippen LogP contribution in [0.15, 0.2) is 24.3 Å². The second-order valence-electron chi connectivity index (χ2n) is 4.28. The molecule has 1 unspecified atom stereocenters. The summed E-state index contributed by atoms with van der Waals surface area (Å²) in [4.78, 5) is 0. The van der Waals surface area contributed by atoms with E-state index in [-0.39, 0.29) is 12.5 Å². The Morgan fingerprint density at radius 3 is 2.72 bits per heavy atom. The van der Waals surface area contributed by atoms with E-state index in [1.165, 1.54) is 0 Å². The van der Waals surface area contributed by atoms with E-state index >= 15 is 0 Å². The number of hydrogen-bond acceptors (Lipinski definition) is 1. The zero-order valence-electron chi connectivity index (χ0n) is 10.2. The molecule has 0 saturated carbocycles. The molecule has 4 heteroatoms.